The van der Waals surface area contributed by atoms with Gasteiger partial charge in [-0.15, -0.1) is 0 Å². The van der Waals surface area contributed by atoms with E-state index in [9.17, 15) is 9.00 Å². The third kappa shape index (κ3) is 4.84. The van der Waals surface area contributed by atoms with Gasteiger partial charge in [-0.05, 0) is 41.1 Å². The lowest BCUT2D eigenvalue weighted by atomic mass is 10.0. The largest absolute Gasteiger partial charge is 0.496 e. The standard InChI is InChI=1S/C20H17NO4S.C2H6/c1-24-19-12-9-14-5-3-4-6-17(14)18(19)13-21-26(23)16-10-7-15(8-11-16)20(22)25-2;1-2/h3-13H,1-2H3;1-2H3/b21-13+;. The third-order valence-electron chi connectivity index (χ3n) is 3.91. The summed E-state index contributed by atoms with van der Waals surface area (Å²) in [5.74, 6) is 0.219. The van der Waals surface area contributed by atoms with E-state index < -0.39 is 17.0 Å². The number of rotatable bonds is 5. The van der Waals surface area contributed by atoms with Crippen LogP contribution in [-0.4, -0.2) is 30.6 Å². The van der Waals surface area contributed by atoms with E-state index in [1.807, 2.05) is 50.2 Å². The Bertz CT molecular complexity index is 997. The van der Waals surface area contributed by atoms with E-state index in [4.69, 9.17) is 4.74 Å². The Morgan fingerprint density at radius 3 is 2.29 bits per heavy atom. The molecule has 0 amide bonds. The van der Waals surface area contributed by atoms with Gasteiger partial charge in [0.05, 0.1) is 24.7 Å². The Labute approximate surface area is 167 Å². The van der Waals surface area contributed by atoms with Crippen molar-refractivity contribution in [1.29, 1.82) is 0 Å². The summed E-state index contributed by atoms with van der Waals surface area (Å²) in [6.45, 7) is 4.00. The van der Waals surface area contributed by atoms with Crippen molar-refractivity contribution in [2.75, 3.05) is 14.2 Å². The molecule has 28 heavy (non-hydrogen) atoms. The monoisotopic (exact) mass is 397 g/mol. The molecule has 3 aromatic carbocycles. The SMILES string of the molecule is CC.COC(=O)c1ccc(S(=O)/N=C/c2c(OC)ccc3ccccc23)cc1. The maximum absolute atomic E-state index is 12.5. The number of carbonyl (C=O) groups is 1. The van der Waals surface area contributed by atoms with Gasteiger partial charge in [0.15, 0.2) is 11.0 Å². The molecule has 5 nitrogen and oxygen atoms in total. The highest BCUT2D eigenvalue weighted by molar-refractivity contribution is 7.83. The van der Waals surface area contributed by atoms with Crippen molar-refractivity contribution < 1.29 is 18.5 Å². The fraction of sp³-hybridized carbons (Fsp3) is 0.182. The second-order valence-corrected chi connectivity index (χ2v) is 6.58. The third-order valence-corrected chi connectivity index (χ3v) is 4.88. The van der Waals surface area contributed by atoms with E-state index >= 15 is 0 Å². The topological polar surface area (TPSA) is 65.0 Å². The molecule has 3 rings (SSSR count). The fourth-order valence-corrected chi connectivity index (χ4v) is 3.27. The van der Waals surface area contributed by atoms with Crippen LogP contribution in [0.25, 0.3) is 10.8 Å². The number of carbonyl (C=O) groups excluding carboxylic acids is 1. The van der Waals surface area contributed by atoms with Gasteiger partial charge in [-0.25, -0.2) is 9.00 Å². The zero-order valence-electron chi connectivity index (χ0n) is 16.3. The molecule has 1 unspecified atom stereocenters. The lowest BCUT2D eigenvalue weighted by molar-refractivity contribution is 0.0600. The minimum atomic E-state index is -1.60. The summed E-state index contributed by atoms with van der Waals surface area (Å²) < 4.78 is 26.7. The van der Waals surface area contributed by atoms with Crippen molar-refractivity contribution in [3.8, 4) is 5.75 Å². The quantitative estimate of drug-likeness (QED) is 0.458. The summed E-state index contributed by atoms with van der Waals surface area (Å²) in [5, 5.41) is 2.01. The number of benzene rings is 3. The van der Waals surface area contributed by atoms with Gasteiger partial charge in [-0.3, -0.25) is 0 Å². The highest BCUT2D eigenvalue weighted by Crippen LogP contribution is 2.26. The minimum absolute atomic E-state index is 0.396. The predicted octanol–water partition coefficient (Wildman–Crippen LogP) is 4.80. The van der Waals surface area contributed by atoms with Crippen LogP contribution in [0.1, 0.15) is 29.8 Å². The summed E-state index contributed by atoms with van der Waals surface area (Å²) in [6, 6.07) is 18.0. The number of hydrogen-bond acceptors (Lipinski definition) is 4. The molecule has 0 aliphatic rings. The number of ether oxygens (including phenoxy) is 2. The Morgan fingerprint density at radius 2 is 1.64 bits per heavy atom. The van der Waals surface area contributed by atoms with Crippen molar-refractivity contribution in [1.82, 2.24) is 0 Å². The Hall–Kier alpha value is -2.99. The summed E-state index contributed by atoms with van der Waals surface area (Å²) in [7, 11) is 1.30. The number of hydrogen-bond donors (Lipinski definition) is 0. The molecule has 0 N–H and O–H groups in total. The first-order valence-corrected chi connectivity index (χ1v) is 9.95. The van der Waals surface area contributed by atoms with Gasteiger partial charge >= 0.3 is 5.97 Å². The summed E-state index contributed by atoms with van der Waals surface area (Å²) in [5.41, 5.74) is 1.16. The summed E-state index contributed by atoms with van der Waals surface area (Å²) >= 11 is 0. The molecule has 0 aliphatic heterocycles. The zero-order valence-corrected chi connectivity index (χ0v) is 17.2. The van der Waals surface area contributed by atoms with Crippen LogP contribution >= 0.6 is 0 Å². The molecule has 3 aromatic rings. The molecule has 0 bridgehead atoms. The number of esters is 1. The van der Waals surface area contributed by atoms with Crippen LogP contribution in [0.4, 0.5) is 0 Å². The maximum Gasteiger partial charge on any atom is 0.337 e. The van der Waals surface area contributed by atoms with Crippen LogP contribution in [-0.2, 0) is 15.7 Å². The first-order chi connectivity index (χ1) is 13.6. The van der Waals surface area contributed by atoms with Gasteiger partial charge in [0.25, 0.3) is 0 Å². The number of fused-ring (bicyclic) bond motifs is 1. The van der Waals surface area contributed by atoms with Crippen LogP contribution in [0.5, 0.6) is 5.75 Å². The molecule has 6 heteroatoms. The minimum Gasteiger partial charge on any atom is -0.496 e. The average molecular weight is 397 g/mol. The Kier molecular flexibility index (Phi) is 7.89. The number of methoxy groups -OCH3 is 2. The molecule has 146 valence electrons. The van der Waals surface area contributed by atoms with E-state index in [1.54, 1.807) is 37.6 Å². The molecule has 0 aromatic heterocycles. The smallest absolute Gasteiger partial charge is 0.337 e. The molecule has 0 saturated carbocycles. The van der Waals surface area contributed by atoms with Crippen LogP contribution in [0.2, 0.25) is 0 Å². The van der Waals surface area contributed by atoms with Crippen molar-refractivity contribution in [3.05, 3.63) is 71.8 Å². The van der Waals surface area contributed by atoms with Gasteiger partial charge in [0.1, 0.15) is 5.75 Å². The number of nitrogens with zero attached hydrogens (tertiary/aromatic N) is 1. The summed E-state index contributed by atoms with van der Waals surface area (Å²) in [4.78, 5) is 12.0. The van der Waals surface area contributed by atoms with Gasteiger partial charge in [-0.2, -0.15) is 4.40 Å². The van der Waals surface area contributed by atoms with Crippen LogP contribution in [0.15, 0.2) is 70.0 Å². The zero-order chi connectivity index (χ0) is 20.5. The van der Waals surface area contributed by atoms with E-state index in [0.717, 1.165) is 16.3 Å². The Morgan fingerprint density at radius 1 is 0.964 bits per heavy atom. The van der Waals surface area contributed by atoms with E-state index in [0.29, 0.717) is 16.2 Å². The molecule has 0 spiro atoms. The van der Waals surface area contributed by atoms with Crippen molar-refractivity contribution in [3.63, 3.8) is 0 Å². The first kappa shape index (κ1) is 21.3. The second-order valence-electron chi connectivity index (χ2n) is 5.40. The Balaban J connectivity index is 0.00000136. The van der Waals surface area contributed by atoms with Crippen LogP contribution in [0, 0.1) is 0 Å². The maximum atomic E-state index is 12.5. The molecular weight excluding hydrogens is 374 g/mol. The van der Waals surface area contributed by atoms with E-state index in [2.05, 4.69) is 9.13 Å². The van der Waals surface area contributed by atoms with E-state index in [1.165, 1.54) is 7.11 Å². The molecule has 0 heterocycles. The molecule has 0 aliphatic carbocycles. The second kappa shape index (κ2) is 10.4. The summed E-state index contributed by atoms with van der Waals surface area (Å²) in [6.07, 6.45) is 1.56. The van der Waals surface area contributed by atoms with Crippen molar-refractivity contribution in [2.24, 2.45) is 4.40 Å². The normalized spacial score (nSPS) is 11.6. The lowest BCUT2D eigenvalue weighted by Gasteiger charge is -2.08. The highest BCUT2D eigenvalue weighted by atomic mass is 32.2. The highest BCUT2D eigenvalue weighted by Gasteiger charge is 2.09. The fourth-order valence-electron chi connectivity index (χ4n) is 2.57. The lowest BCUT2D eigenvalue weighted by Crippen LogP contribution is -2.01. The molecule has 1 atom stereocenters. The van der Waals surface area contributed by atoms with Gasteiger partial charge in [0, 0.05) is 11.8 Å². The van der Waals surface area contributed by atoms with Crippen molar-refractivity contribution in [2.45, 2.75) is 18.7 Å². The van der Waals surface area contributed by atoms with Crippen molar-refractivity contribution >= 4 is 33.9 Å². The first-order valence-electron chi connectivity index (χ1n) is 8.84. The van der Waals surface area contributed by atoms with Gasteiger partial charge in [0.2, 0.25) is 0 Å². The van der Waals surface area contributed by atoms with Gasteiger partial charge in [-0.1, -0.05) is 44.2 Å². The molecule has 0 fully saturated rings. The molecule has 0 radical (unpaired) electrons. The van der Waals surface area contributed by atoms with E-state index in [-0.39, 0.29) is 0 Å². The van der Waals surface area contributed by atoms with Gasteiger partial charge < -0.3 is 9.47 Å². The van der Waals surface area contributed by atoms with Crippen LogP contribution < -0.4 is 4.74 Å². The predicted molar refractivity (Wildman–Crippen MR) is 114 cm³/mol. The van der Waals surface area contributed by atoms with Crippen LogP contribution in [0.3, 0.4) is 0 Å². The average Bonchev–Trinajstić information content (AvgIpc) is 2.78. The molecule has 0 saturated heterocycles. The molecular formula is C22H23NO4S.